The topological polar surface area (TPSA) is 61.4 Å². The molecule has 0 bridgehead atoms. The first-order chi connectivity index (χ1) is 12.7. The van der Waals surface area contributed by atoms with Crippen LogP contribution in [0.1, 0.15) is 58.3 Å². The highest BCUT2D eigenvalue weighted by Gasteiger charge is 2.35. The van der Waals surface area contributed by atoms with E-state index in [1.165, 1.54) is 38.9 Å². The van der Waals surface area contributed by atoms with Gasteiger partial charge in [-0.2, -0.15) is 0 Å². The largest absolute Gasteiger partial charge is 0.356 e. The third-order valence-corrected chi connectivity index (χ3v) is 5.96. The van der Waals surface area contributed by atoms with Crippen LogP contribution >= 0.6 is 0 Å². The Bertz CT molecular complexity index is 458. The standard InChI is InChI=1S/C21H37N3O2/c1-3-12-22-20(25)18-7-5-6-8-19(18)21(26)23-13-9-17-10-15-24(14-4-2)16-11-17/h3,17-19H,1,4-16H2,2H3,(H,22,25)(H,23,26)/t18-,19+/m1/s1. The fourth-order valence-electron chi connectivity index (χ4n) is 4.41. The molecule has 1 aliphatic carbocycles. The number of hydrogen-bond donors (Lipinski definition) is 2. The van der Waals surface area contributed by atoms with Crippen molar-refractivity contribution < 1.29 is 9.59 Å². The quantitative estimate of drug-likeness (QED) is 0.619. The van der Waals surface area contributed by atoms with E-state index in [2.05, 4.69) is 29.0 Å². The summed E-state index contributed by atoms with van der Waals surface area (Å²) >= 11 is 0. The Kier molecular flexibility index (Phi) is 9.16. The molecule has 2 amide bonds. The second-order valence-corrected chi connectivity index (χ2v) is 7.90. The predicted molar refractivity (Wildman–Crippen MR) is 106 cm³/mol. The van der Waals surface area contributed by atoms with E-state index >= 15 is 0 Å². The van der Waals surface area contributed by atoms with Crippen LogP contribution in [0, 0.1) is 17.8 Å². The van der Waals surface area contributed by atoms with Crippen molar-refractivity contribution in [2.24, 2.45) is 17.8 Å². The van der Waals surface area contributed by atoms with Crippen LogP contribution in [0.2, 0.25) is 0 Å². The molecule has 1 saturated heterocycles. The van der Waals surface area contributed by atoms with E-state index in [-0.39, 0.29) is 23.7 Å². The Morgan fingerprint density at radius 1 is 1.04 bits per heavy atom. The summed E-state index contributed by atoms with van der Waals surface area (Å²) in [6, 6.07) is 0. The Balaban J connectivity index is 1.72. The average molecular weight is 364 g/mol. The summed E-state index contributed by atoms with van der Waals surface area (Å²) in [4.78, 5) is 27.5. The molecule has 2 fully saturated rings. The first-order valence-electron chi connectivity index (χ1n) is 10.5. The van der Waals surface area contributed by atoms with Crippen molar-refractivity contribution in [3.63, 3.8) is 0 Å². The van der Waals surface area contributed by atoms with Gasteiger partial charge in [-0.05, 0) is 64.1 Å². The zero-order valence-corrected chi connectivity index (χ0v) is 16.5. The summed E-state index contributed by atoms with van der Waals surface area (Å²) in [5.74, 6) is 0.460. The fraction of sp³-hybridized carbons (Fsp3) is 0.810. The normalized spacial score (nSPS) is 24.8. The highest BCUT2D eigenvalue weighted by atomic mass is 16.2. The smallest absolute Gasteiger partial charge is 0.224 e. The van der Waals surface area contributed by atoms with Gasteiger partial charge in [0, 0.05) is 24.9 Å². The predicted octanol–water partition coefficient (Wildman–Crippen LogP) is 2.72. The minimum atomic E-state index is -0.180. The number of nitrogens with one attached hydrogen (secondary N) is 2. The third kappa shape index (κ3) is 6.42. The number of carbonyl (C=O) groups is 2. The number of amides is 2. The maximum Gasteiger partial charge on any atom is 0.224 e. The van der Waals surface area contributed by atoms with Crippen molar-refractivity contribution in [1.82, 2.24) is 15.5 Å². The molecule has 0 aromatic rings. The lowest BCUT2D eigenvalue weighted by molar-refractivity contribution is -0.136. The summed E-state index contributed by atoms with van der Waals surface area (Å²) in [6.07, 6.45) is 10.2. The molecule has 0 unspecified atom stereocenters. The molecule has 2 rings (SSSR count). The summed E-state index contributed by atoms with van der Waals surface area (Å²) in [5.41, 5.74) is 0. The van der Waals surface area contributed by atoms with Gasteiger partial charge in [0.2, 0.25) is 11.8 Å². The van der Waals surface area contributed by atoms with Crippen LogP contribution in [0.3, 0.4) is 0 Å². The van der Waals surface area contributed by atoms with Crippen LogP contribution in [-0.4, -0.2) is 49.4 Å². The van der Waals surface area contributed by atoms with E-state index in [1.807, 2.05) is 0 Å². The van der Waals surface area contributed by atoms with Gasteiger partial charge >= 0.3 is 0 Å². The minimum absolute atomic E-state index is 0.00745. The first-order valence-corrected chi connectivity index (χ1v) is 10.5. The van der Waals surface area contributed by atoms with Gasteiger partial charge in [0.15, 0.2) is 0 Å². The maximum absolute atomic E-state index is 12.6. The lowest BCUT2D eigenvalue weighted by Crippen LogP contribution is -2.44. The van der Waals surface area contributed by atoms with Crippen LogP contribution in [0.5, 0.6) is 0 Å². The van der Waals surface area contributed by atoms with E-state index in [0.717, 1.165) is 44.6 Å². The van der Waals surface area contributed by atoms with Crippen LogP contribution in [-0.2, 0) is 9.59 Å². The number of carbonyl (C=O) groups excluding carboxylic acids is 2. The van der Waals surface area contributed by atoms with Crippen LogP contribution < -0.4 is 10.6 Å². The summed E-state index contributed by atoms with van der Waals surface area (Å²) in [5, 5.41) is 5.99. The van der Waals surface area contributed by atoms with Gasteiger partial charge in [-0.25, -0.2) is 0 Å². The van der Waals surface area contributed by atoms with Gasteiger partial charge in [-0.1, -0.05) is 25.8 Å². The summed E-state index contributed by atoms with van der Waals surface area (Å²) < 4.78 is 0. The highest BCUT2D eigenvalue weighted by Crippen LogP contribution is 2.30. The van der Waals surface area contributed by atoms with Crippen molar-refractivity contribution in [2.75, 3.05) is 32.7 Å². The molecule has 1 heterocycles. The van der Waals surface area contributed by atoms with Crippen molar-refractivity contribution in [3.8, 4) is 0 Å². The Morgan fingerprint density at radius 2 is 1.65 bits per heavy atom. The molecule has 148 valence electrons. The van der Waals surface area contributed by atoms with E-state index in [4.69, 9.17) is 0 Å². The van der Waals surface area contributed by atoms with Gasteiger partial charge < -0.3 is 15.5 Å². The monoisotopic (exact) mass is 363 g/mol. The average Bonchev–Trinajstić information content (AvgIpc) is 2.67. The number of piperidine rings is 1. The number of likely N-dealkylation sites (tertiary alicyclic amines) is 1. The zero-order chi connectivity index (χ0) is 18.8. The molecule has 5 nitrogen and oxygen atoms in total. The lowest BCUT2D eigenvalue weighted by atomic mass is 9.78. The Morgan fingerprint density at radius 3 is 2.23 bits per heavy atom. The molecule has 1 saturated carbocycles. The molecule has 0 aromatic heterocycles. The van der Waals surface area contributed by atoms with Crippen LogP contribution in [0.15, 0.2) is 12.7 Å². The third-order valence-electron chi connectivity index (χ3n) is 5.96. The SMILES string of the molecule is C=CCNC(=O)[C@@H]1CCCC[C@@H]1C(=O)NCCC1CCN(CCC)CC1. The van der Waals surface area contributed by atoms with Crippen LogP contribution in [0.4, 0.5) is 0 Å². The second kappa shape index (κ2) is 11.4. The van der Waals surface area contributed by atoms with Gasteiger partial charge in [0.05, 0.1) is 0 Å². The van der Waals surface area contributed by atoms with E-state index in [9.17, 15) is 9.59 Å². The van der Waals surface area contributed by atoms with Crippen molar-refractivity contribution in [1.29, 1.82) is 0 Å². The number of nitrogens with zero attached hydrogens (tertiary/aromatic N) is 1. The molecule has 2 atom stereocenters. The Labute approximate surface area is 159 Å². The van der Waals surface area contributed by atoms with Gasteiger partial charge in [-0.15, -0.1) is 6.58 Å². The summed E-state index contributed by atoms with van der Waals surface area (Å²) in [7, 11) is 0. The molecule has 26 heavy (non-hydrogen) atoms. The van der Waals surface area contributed by atoms with Gasteiger partial charge in [-0.3, -0.25) is 9.59 Å². The lowest BCUT2D eigenvalue weighted by Gasteiger charge is -2.32. The second-order valence-electron chi connectivity index (χ2n) is 7.90. The molecule has 0 aromatic carbocycles. The van der Waals surface area contributed by atoms with Crippen molar-refractivity contribution in [2.45, 2.75) is 58.3 Å². The van der Waals surface area contributed by atoms with E-state index in [0.29, 0.717) is 6.54 Å². The highest BCUT2D eigenvalue weighted by molar-refractivity contribution is 5.87. The van der Waals surface area contributed by atoms with E-state index in [1.54, 1.807) is 6.08 Å². The molecule has 0 spiro atoms. The molecule has 0 radical (unpaired) electrons. The molecule has 1 aliphatic heterocycles. The fourth-order valence-corrected chi connectivity index (χ4v) is 4.41. The van der Waals surface area contributed by atoms with Gasteiger partial charge in [0.25, 0.3) is 0 Å². The number of hydrogen-bond acceptors (Lipinski definition) is 3. The van der Waals surface area contributed by atoms with E-state index < -0.39 is 0 Å². The maximum atomic E-state index is 12.6. The molecular formula is C21H37N3O2. The van der Waals surface area contributed by atoms with Crippen molar-refractivity contribution >= 4 is 11.8 Å². The number of rotatable bonds is 9. The molecular weight excluding hydrogens is 326 g/mol. The molecule has 2 N–H and O–H groups in total. The zero-order valence-electron chi connectivity index (χ0n) is 16.5. The summed E-state index contributed by atoms with van der Waals surface area (Å²) in [6.45, 7) is 10.7. The Hall–Kier alpha value is -1.36. The van der Waals surface area contributed by atoms with Crippen molar-refractivity contribution in [3.05, 3.63) is 12.7 Å². The molecule has 5 heteroatoms. The molecule has 2 aliphatic rings. The minimum Gasteiger partial charge on any atom is -0.356 e. The first kappa shape index (κ1) is 20.9. The van der Waals surface area contributed by atoms with Crippen LogP contribution in [0.25, 0.3) is 0 Å². The van der Waals surface area contributed by atoms with Gasteiger partial charge in [0.1, 0.15) is 0 Å².